The maximum atomic E-state index is 13.2. The van der Waals surface area contributed by atoms with E-state index in [0.29, 0.717) is 18.0 Å². The van der Waals surface area contributed by atoms with E-state index >= 15 is 0 Å². The number of aromatic nitrogens is 3. The Bertz CT molecular complexity index is 912. The number of anilines is 1. The minimum atomic E-state index is -0.659. The summed E-state index contributed by atoms with van der Waals surface area (Å²) in [4.78, 5) is 21.4. The fourth-order valence-corrected chi connectivity index (χ4v) is 5.18. The van der Waals surface area contributed by atoms with E-state index in [-0.39, 0.29) is 18.3 Å². The van der Waals surface area contributed by atoms with Crippen LogP contribution in [0.5, 0.6) is 0 Å². The molecule has 9 heteroatoms. The summed E-state index contributed by atoms with van der Waals surface area (Å²) < 4.78 is 1.80. The summed E-state index contributed by atoms with van der Waals surface area (Å²) in [6, 6.07) is 6.05. The third kappa shape index (κ3) is 3.80. The van der Waals surface area contributed by atoms with Gasteiger partial charge in [-0.05, 0) is 58.0 Å². The van der Waals surface area contributed by atoms with Crippen LogP contribution in [-0.4, -0.2) is 33.8 Å². The van der Waals surface area contributed by atoms with Crippen molar-refractivity contribution in [3.8, 4) is 10.6 Å². The summed E-state index contributed by atoms with van der Waals surface area (Å²) in [5.41, 5.74) is 0.301. The van der Waals surface area contributed by atoms with Crippen LogP contribution in [0.3, 0.4) is 0 Å². The minimum Gasteiger partial charge on any atom is -0.317 e. The van der Waals surface area contributed by atoms with Crippen LogP contribution in [0.25, 0.3) is 10.6 Å². The molecule has 1 saturated heterocycles. The topological polar surface area (TPSA) is 71.8 Å². The van der Waals surface area contributed by atoms with Gasteiger partial charge in [0, 0.05) is 22.1 Å². The number of aryl methyl sites for hydroxylation is 2. The van der Waals surface area contributed by atoms with Crippen molar-refractivity contribution < 1.29 is 4.79 Å². The first-order valence-corrected chi connectivity index (χ1v) is 10.3. The lowest BCUT2D eigenvalue weighted by Crippen LogP contribution is -2.52. The number of halogens is 1. The van der Waals surface area contributed by atoms with Gasteiger partial charge in [-0.25, -0.2) is 4.98 Å². The van der Waals surface area contributed by atoms with Gasteiger partial charge < -0.3 is 5.32 Å². The Morgan fingerprint density at radius 1 is 1.26 bits per heavy atom. The van der Waals surface area contributed by atoms with E-state index in [9.17, 15) is 4.79 Å². The van der Waals surface area contributed by atoms with Crippen LogP contribution in [-0.2, 0) is 10.3 Å². The zero-order chi connectivity index (χ0) is 18.1. The number of nitrogens with one attached hydrogen (secondary N) is 2. The second kappa shape index (κ2) is 8.10. The molecule has 144 valence electrons. The number of nitrogens with zero attached hydrogens (tertiary/aromatic N) is 3. The van der Waals surface area contributed by atoms with Gasteiger partial charge >= 0.3 is 0 Å². The number of thiophene rings is 1. The molecule has 0 bridgehead atoms. The Labute approximate surface area is 172 Å². The van der Waals surface area contributed by atoms with Gasteiger partial charge in [-0.3, -0.25) is 14.8 Å². The molecular formula is C18H22ClN5OS2. The van der Waals surface area contributed by atoms with E-state index in [4.69, 9.17) is 4.98 Å². The molecule has 1 fully saturated rings. The lowest BCUT2D eigenvalue weighted by Gasteiger charge is -2.36. The number of amides is 1. The summed E-state index contributed by atoms with van der Waals surface area (Å²) in [5, 5.41) is 11.4. The van der Waals surface area contributed by atoms with Crippen LogP contribution in [0.4, 0.5) is 5.13 Å². The van der Waals surface area contributed by atoms with E-state index in [1.54, 1.807) is 22.2 Å². The lowest BCUT2D eigenvalue weighted by atomic mass is 9.87. The molecule has 1 amide bonds. The number of rotatable bonds is 4. The molecule has 0 aromatic carbocycles. The molecule has 0 saturated carbocycles. The third-order valence-electron chi connectivity index (χ3n) is 4.79. The molecule has 0 aliphatic carbocycles. The summed E-state index contributed by atoms with van der Waals surface area (Å²) in [6.45, 7) is 5.73. The molecule has 0 spiro atoms. The normalized spacial score (nSPS) is 15.9. The Morgan fingerprint density at radius 3 is 2.67 bits per heavy atom. The summed E-state index contributed by atoms with van der Waals surface area (Å²) in [7, 11) is 0. The van der Waals surface area contributed by atoms with Crippen LogP contribution >= 0.6 is 35.1 Å². The lowest BCUT2D eigenvalue weighted by molar-refractivity contribution is -0.126. The second-order valence-corrected chi connectivity index (χ2v) is 9.01. The molecule has 2 N–H and O–H groups in total. The standard InChI is InChI=1S/C18H21N5OS2.ClH/c1-12-4-5-14(25-12)15-13(2)26-17(21-15)22-16(24)18(6-9-19-10-7-18)23-11-3-8-20-23;/h3-5,8,11,19H,6-7,9-10H2,1-2H3,(H,21,22,24);1H. The smallest absolute Gasteiger partial charge is 0.254 e. The molecule has 0 radical (unpaired) electrons. The maximum absolute atomic E-state index is 13.2. The van der Waals surface area contributed by atoms with Crippen LogP contribution in [0.2, 0.25) is 0 Å². The van der Waals surface area contributed by atoms with Crippen molar-refractivity contribution >= 4 is 46.1 Å². The molecule has 0 unspecified atom stereocenters. The van der Waals surface area contributed by atoms with Crippen LogP contribution in [0.1, 0.15) is 22.6 Å². The largest absolute Gasteiger partial charge is 0.317 e. The SMILES string of the molecule is Cc1ccc(-c2nc(NC(=O)C3(n4cccn4)CCNCC3)sc2C)s1.Cl. The van der Waals surface area contributed by atoms with Crippen molar-refractivity contribution in [1.29, 1.82) is 0 Å². The highest BCUT2D eigenvalue weighted by atomic mass is 35.5. The van der Waals surface area contributed by atoms with Crippen LogP contribution in [0.15, 0.2) is 30.6 Å². The summed E-state index contributed by atoms with van der Waals surface area (Å²) in [5.74, 6) is -0.0367. The molecule has 1 aliphatic rings. The molecule has 3 aromatic heterocycles. The number of carbonyl (C=O) groups is 1. The Morgan fingerprint density at radius 2 is 2.04 bits per heavy atom. The Balaban J connectivity index is 0.00000210. The van der Waals surface area contributed by atoms with Crippen LogP contribution in [0, 0.1) is 13.8 Å². The molecule has 0 atom stereocenters. The van der Waals surface area contributed by atoms with E-state index in [1.165, 1.54) is 16.2 Å². The number of thiazole rings is 1. The summed E-state index contributed by atoms with van der Waals surface area (Å²) in [6.07, 6.45) is 5.02. The van der Waals surface area contributed by atoms with Gasteiger partial charge in [-0.1, -0.05) is 0 Å². The average Bonchev–Trinajstić information content (AvgIpc) is 3.37. The fourth-order valence-electron chi connectivity index (χ4n) is 3.38. The van der Waals surface area contributed by atoms with Crippen molar-refractivity contribution in [2.45, 2.75) is 32.2 Å². The van der Waals surface area contributed by atoms with Gasteiger partial charge in [0.1, 0.15) is 5.54 Å². The molecule has 4 heterocycles. The Hall–Kier alpha value is -1.74. The highest BCUT2D eigenvalue weighted by Gasteiger charge is 2.42. The van der Waals surface area contributed by atoms with Crippen molar-refractivity contribution in [3.05, 3.63) is 40.3 Å². The number of piperidine rings is 1. The molecular weight excluding hydrogens is 402 g/mol. The van der Waals surface area contributed by atoms with Gasteiger partial charge in [-0.15, -0.1) is 35.1 Å². The first-order valence-electron chi connectivity index (χ1n) is 8.65. The third-order valence-corrected chi connectivity index (χ3v) is 6.68. The molecule has 4 rings (SSSR count). The van der Waals surface area contributed by atoms with E-state index in [1.807, 2.05) is 19.2 Å². The number of carbonyl (C=O) groups excluding carboxylic acids is 1. The predicted octanol–water partition coefficient (Wildman–Crippen LogP) is 3.82. The highest BCUT2D eigenvalue weighted by molar-refractivity contribution is 7.18. The van der Waals surface area contributed by atoms with Gasteiger partial charge in [0.15, 0.2) is 5.13 Å². The number of hydrogen-bond acceptors (Lipinski definition) is 6. The van der Waals surface area contributed by atoms with E-state index in [0.717, 1.165) is 28.5 Å². The highest BCUT2D eigenvalue weighted by Crippen LogP contribution is 2.35. The van der Waals surface area contributed by atoms with E-state index < -0.39 is 5.54 Å². The summed E-state index contributed by atoms with van der Waals surface area (Å²) >= 11 is 3.25. The average molecular weight is 424 g/mol. The van der Waals surface area contributed by atoms with Crippen molar-refractivity contribution in [3.63, 3.8) is 0 Å². The quantitative estimate of drug-likeness (QED) is 0.669. The second-order valence-electron chi connectivity index (χ2n) is 6.52. The molecule has 27 heavy (non-hydrogen) atoms. The molecule has 3 aromatic rings. The van der Waals surface area contributed by atoms with Crippen molar-refractivity contribution in [2.24, 2.45) is 0 Å². The Kier molecular flexibility index (Phi) is 6.00. The van der Waals surface area contributed by atoms with Gasteiger partial charge in [0.2, 0.25) is 0 Å². The minimum absolute atomic E-state index is 0. The first-order chi connectivity index (χ1) is 12.6. The number of hydrogen-bond donors (Lipinski definition) is 2. The first kappa shape index (κ1) is 20.0. The van der Waals surface area contributed by atoms with E-state index in [2.05, 4.69) is 34.8 Å². The molecule has 6 nitrogen and oxygen atoms in total. The van der Waals surface area contributed by atoms with Crippen molar-refractivity contribution in [2.75, 3.05) is 18.4 Å². The monoisotopic (exact) mass is 423 g/mol. The molecule has 1 aliphatic heterocycles. The van der Waals surface area contributed by atoms with Crippen LogP contribution < -0.4 is 10.6 Å². The fraction of sp³-hybridized carbons (Fsp3) is 0.389. The zero-order valence-corrected chi connectivity index (χ0v) is 17.6. The van der Waals surface area contributed by atoms with Crippen molar-refractivity contribution in [1.82, 2.24) is 20.1 Å². The zero-order valence-electron chi connectivity index (χ0n) is 15.2. The van der Waals surface area contributed by atoms with Gasteiger partial charge in [0.25, 0.3) is 5.91 Å². The van der Waals surface area contributed by atoms with Gasteiger partial charge in [0.05, 0.1) is 10.6 Å². The predicted molar refractivity (Wildman–Crippen MR) is 113 cm³/mol. The van der Waals surface area contributed by atoms with Gasteiger partial charge in [-0.2, -0.15) is 5.10 Å². The maximum Gasteiger partial charge on any atom is 0.254 e.